The summed E-state index contributed by atoms with van der Waals surface area (Å²) in [6.07, 6.45) is -0.208. The summed E-state index contributed by atoms with van der Waals surface area (Å²) in [4.78, 5) is 13.5. The first-order valence-electron chi connectivity index (χ1n) is 6.41. The van der Waals surface area contributed by atoms with Crippen LogP contribution in [0.1, 0.15) is 22.0 Å². The van der Waals surface area contributed by atoms with Gasteiger partial charge in [-0.2, -0.15) is 0 Å². The molecular weight excluding hydrogens is 275 g/mol. The van der Waals surface area contributed by atoms with Crippen molar-refractivity contribution in [2.24, 2.45) is 0 Å². The van der Waals surface area contributed by atoms with E-state index in [4.69, 9.17) is 4.74 Å². The zero-order chi connectivity index (χ0) is 13.7. The molecule has 2 aromatic carbocycles. The van der Waals surface area contributed by atoms with Crippen LogP contribution in [0, 0.1) is 5.82 Å². The van der Waals surface area contributed by atoms with E-state index in [1.165, 1.54) is 12.1 Å². The van der Waals surface area contributed by atoms with Gasteiger partial charge in [-0.25, -0.2) is 4.39 Å². The van der Waals surface area contributed by atoms with Gasteiger partial charge in [0.05, 0.1) is 0 Å². The molecule has 1 spiro atoms. The Hall–Kier alpha value is -1.65. The number of Topliss-reactive ketones (excluding diaryl/α,β-unsaturated/α-hetero) is 1. The molecule has 2 aliphatic rings. The van der Waals surface area contributed by atoms with Gasteiger partial charge < -0.3 is 4.74 Å². The van der Waals surface area contributed by atoms with Crippen molar-refractivity contribution in [1.29, 1.82) is 0 Å². The lowest BCUT2D eigenvalue weighted by atomic mass is 9.92. The highest BCUT2D eigenvalue weighted by molar-refractivity contribution is 7.99. The lowest BCUT2D eigenvalue weighted by Crippen LogP contribution is -2.32. The highest BCUT2D eigenvalue weighted by Gasteiger charge is 2.64. The number of rotatable bonds is 1. The van der Waals surface area contributed by atoms with Crippen molar-refractivity contribution >= 4 is 17.5 Å². The number of carbonyl (C=O) groups excluding carboxylic acids is 1. The van der Waals surface area contributed by atoms with Crippen LogP contribution >= 0.6 is 11.8 Å². The van der Waals surface area contributed by atoms with Crippen LogP contribution in [0.5, 0.6) is 0 Å². The molecule has 0 bridgehead atoms. The maximum atomic E-state index is 13.4. The second-order valence-corrected chi connectivity index (χ2v) is 6.07. The molecule has 2 aromatic rings. The molecule has 0 saturated carbocycles. The Balaban J connectivity index is 1.72. The summed E-state index contributed by atoms with van der Waals surface area (Å²) >= 11 is 1.56. The fourth-order valence-electron chi connectivity index (χ4n) is 2.71. The van der Waals surface area contributed by atoms with Crippen LogP contribution in [0.15, 0.2) is 53.4 Å². The summed E-state index contributed by atoms with van der Waals surface area (Å²) in [5.74, 6) is 0.107. The number of hydrogen-bond acceptors (Lipinski definition) is 3. The van der Waals surface area contributed by atoms with E-state index in [1.807, 2.05) is 30.3 Å². The third kappa shape index (κ3) is 1.65. The molecule has 20 heavy (non-hydrogen) atoms. The van der Waals surface area contributed by atoms with Crippen molar-refractivity contribution in [2.75, 3.05) is 5.75 Å². The molecule has 0 N–H and O–H groups in total. The number of epoxide rings is 1. The van der Waals surface area contributed by atoms with Crippen molar-refractivity contribution in [3.05, 3.63) is 65.5 Å². The predicted molar refractivity (Wildman–Crippen MR) is 74.5 cm³/mol. The number of thioether (sulfide) groups is 1. The van der Waals surface area contributed by atoms with Gasteiger partial charge in [-0.1, -0.05) is 30.3 Å². The van der Waals surface area contributed by atoms with Crippen molar-refractivity contribution in [2.45, 2.75) is 16.6 Å². The minimum absolute atomic E-state index is 0.0976. The Bertz CT molecular complexity index is 701. The van der Waals surface area contributed by atoms with Gasteiger partial charge >= 0.3 is 0 Å². The summed E-state index contributed by atoms with van der Waals surface area (Å²) in [5.41, 5.74) is 0.647. The molecule has 1 saturated heterocycles. The Morgan fingerprint density at radius 1 is 1.20 bits per heavy atom. The molecule has 100 valence electrons. The second-order valence-electron chi connectivity index (χ2n) is 5.06. The quantitative estimate of drug-likeness (QED) is 0.750. The van der Waals surface area contributed by atoms with Gasteiger partial charge in [0, 0.05) is 16.2 Å². The van der Waals surface area contributed by atoms with E-state index in [-0.39, 0.29) is 17.7 Å². The largest absolute Gasteiger partial charge is 0.351 e. The number of fused-ring (bicyclic) bond motifs is 1. The van der Waals surface area contributed by atoms with Gasteiger partial charge in [0.1, 0.15) is 11.9 Å². The molecule has 2 nitrogen and oxygen atoms in total. The van der Waals surface area contributed by atoms with Gasteiger partial charge in [0.15, 0.2) is 11.4 Å². The van der Waals surface area contributed by atoms with Crippen LogP contribution in [-0.4, -0.2) is 17.1 Å². The van der Waals surface area contributed by atoms with Crippen molar-refractivity contribution in [1.82, 2.24) is 0 Å². The fourth-order valence-corrected chi connectivity index (χ4v) is 3.90. The standard InChI is InChI=1S/C16H11FO2S/c17-11-6-7-13-12(8-11)14(18)16(9-20-13)15(19-16)10-4-2-1-3-5-10/h1-8,15H,9H2. The predicted octanol–water partition coefficient (Wildman–Crippen LogP) is 3.62. The Labute approximate surface area is 120 Å². The van der Waals surface area contributed by atoms with Gasteiger partial charge in [-0.3, -0.25) is 4.79 Å². The van der Waals surface area contributed by atoms with E-state index in [2.05, 4.69) is 0 Å². The molecule has 0 amide bonds. The van der Waals surface area contributed by atoms with Crippen LogP contribution in [0.3, 0.4) is 0 Å². The molecule has 2 unspecified atom stereocenters. The van der Waals surface area contributed by atoms with Crippen LogP contribution in [0.25, 0.3) is 0 Å². The first-order chi connectivity index (χ1) is 9.71. The van der Waals surface area contributed by atoms with Crippen LogP contribution in [0.4, 0.5) is 4.39 Å². The maximum Gasteiger partial charge on any atom is 0.199 e. The number of ketones is 1. The minimum Gasteiger partial charge on any atom is -0.351 e. The van der Waals surface area contributed by atoms with E-state index >= 15 is 0 Å². The van der Waals surface area contributed by atoms with E-state index in [0.29, 0.717) is 11.3 Å². The lowest BCUT2D eigenvalue weighted by Gasteiger charge is -2.20. The monoisotopic (exact) mass is 286 g/mol. The number of benzene rings is 2. The summed E-state index contributed by atoms with van der Waals surface area (Å²) in [6.45, 7) is 0. The second kappa shape index (κ2) is 4.17. The Morgan fingerprint density at radius 3 is 2.80 bits per heavy atom. The van der Waals surface area contributed by atoms with Gasteiger partial charge in [0.25, 0.3) is 0 Å². The molecule has 0 aliphatic carbocycles. The first kappa shape index (κ1) is 12.1. The zero-order valence-electron chi connectivity index (χ0n) is 10.5. The molecule has 1 fully saturated rings. The maximum absolute atomic E-state index is 13.4. The Kier molecular flexibility index (Phi) is 2.53. The van der Waals surface area contributed by atoms with Gasteiger partial charge in [0.2, 0.25) is 0 Å². The smallest absolute Gasteiger partial charge is 0.199 e. The van der Waals surface area contributed by atoms with Crippen molar-refractivity contribution in [3.63, 3.8) is 0 Å². The van der Waals surface area contributed by atoms with E-state index < -0.39 is 5.60 Å². The van der Waals surface area contributed by atoms with Crippen LogP contribution in [0.2, 0.25) is 0 Å². The van der Waals surface area contributed by atoms with Crippen LogP contribution in [-0.2, 0) is 4.74 Å². The van der Waals surface area contributed by atoms with E-state index in [0.717, 1.165) is 10.5 Å². The summed E-state index contributed by atoms with van der Waals surface area (Å²) in [5, 5.41) is 0. The SMILES string of the molecule is O=C1c2cc(F)ccc2SCC12OC2c1ccccc1. The zero-order valence-corrected chi connectivity index (χ0v) is 11.3. The van der Waals surface area contributed by atoms with Gasteiger partial charge in [-0.05, 0) is 23.8 Å². The van der Waals surface area contributed by atoms with Crippen molar-refractivity contribution in [3.8, 4) is 0 Å². The summed E-state index contributed by atoms with van der Waals surface area (Å²) in [7, 11) is 0. The number of carbonyl (C=O) groups is 1. The highest BCUT2D eigenvalue weighted by atomic mass is 32.2. The number of hydrogen-bond donors (Lipinski definition) is 0. The molecule has 0 radical (unpaired) electrons. The van der Waals surface area contributed by atoms with E-state index in [1.54, 1.807) is 17.8 Å². The first-order valence-corrected chi connectivity index (χ1v) is 7.39. The number of halogens is 1. The van der Waals surface area contributed by atoms with Crippen LogP contribution < -0.4 is 0 Å². The molecule has 4 rings (SSSR count). The van der Waals surface area contributed by atoms with Gasteiger partial charge in [-0.15, -0.1) is 11.8 Å². The van der Waals surface area contributed by atoms with Crippen molar-refractivity contribution < 1.29 is 13.9 Å². The third-order valence-electron chi connectivity index (χ3n) is 3.81. The molecule has 2 atom stereocenters. The molecule has 4 heteroatoms. The summed E-state index contributed by atoms with van der Waals surface area (Å²) < 4.78 is 19.1. The third-order valence-corrected chi connectivity index (χ3v) is 5.05. The minimum atomic E-state index is -0.799. The topological polar surface area (TPSA) is 29.6 Å². The molecule has 0 aromatic heterocycles. The normalized spacial score (nSPS) is 27.4. The average molecular weight is 286 g/mol. The molecule has 2 heterocycles. The van der Waals surface area contributed by atoms with E-state index in [9.17, 15) is 9.18 Å². The molecule has 2 aliphatic heterocycles. The lowest BCUT2D eigenvalue weighted by molar-refractivity contribution is 0.0885. The summed E-state index contributed by atoms with van der Waals surface area (Å²) in [6, 6.07) is 14.1. The number of ether oxygens (including phenoxy) is 1. The fraction of sp³-hybridized carbons (Fsp3) is 0.188. The highest BCUT2D eigenvalue weighted by Crippen LogP contribution is 2.56. The Morgan fingerprint density at radius 2 is 2.00 bits per heavy atom. The molecular formula is C16H11FO2S. The average Bonchev–Trinajstić information content (AvgIpc) is 3.20.